The molecule has 0 saturated heterocycles. The first-order valence-electron chi connectivity index (χ1n) is 5.90. The largest absolute Gasteiger partial charge is 0.481 e. The van der Waals surface area contributed by atoms with Crippen LogP contribution in [0.25, 0.3) is 0 Å². The van der Waals surface area contributed by atoms with Crippen molar-refractivity contribution in [3.8, 4) is 0 Å². The molecule has 7 heteroatoms. The fourth-order valence-corrected chi connectivity index (χ4v) is 1.25. The van der Waals surface area contributed by atoms with Crippen LogP contribution in [-0.2, 0) is 4.74 Å². The molecule has 0 rings (SSSR count). The van der Waals surface area contributed by atoms with Gasteiger partial charge >= 0.3 is 6.18 Å². The van der Waals surface area contributed by atoms with E-state index in [1.54, 1.807) is 19.1 Å². The highest BCUT2D eigenvalue weighted by atomic mass is 19.4. The molecule has 0 saturated carbocycles. The molecule has 0 aliphatic carbocycles. The first-order chi connectivity index (χ1) is 9.79. The maximum absolute atomic E-state index is 12.3. The number of halogens is 3. The van der Waals surface area contributed by atoms with E-state index in [2.05, 4.69) is 11.6 Å². The Labute approximate surface area is 121 Å². The lowest BCUT2D eigenvalue weighted by molar-refractivity contribution is -0.0619. The Balaban J connectivity index is 5.47. The number of methoxy groups -OCH3 is 1. The summed E-state index contributed by atoms with van der Waals surface area (Å²) < 4.78 is 41.8. The molecule has 0 amide bonds. The van der Waals surface area contributed by atoms with Crippen LogP contribution in [0, 0.1) is 5.41 Å². The molecule has 0 radical (unpaired) electrons. The monoisotopic (exact) mass is 301 g/mol. The number of amidine groups is 1. The number of ether oxygens (including phenoxy) is 1. The average Bonchev–Trinajstić information content (AvgIpc) is 2.44. The summed E-state index contributed by atoms with van der Waals surface area (Å²) in [6, 6.07) is 0. The molecule has 0 aliphatic rings. The van der Waals surface area contributed by atoms with E-state index in [4.69, 9.17) is 10.1 Å². The van der Waals surface area contributed by atoms with E-state index in [-0.39, 0.29) is 0 Å². The summed E-state index contributed by atoms with van der Waals surface area (Å²) in [5.74, 6) is -1.25. The minimum atomic E-state index is -4.72. The molecule has 0 unspecified atom stereocenters. The third-order valence-corrected chi connectivity index (χ3v) is 2.26. The fourth-order valence-electron chi connectivity index (χ4n) is 1.25. The third kappa shape index (κ3) is 6.60. The Bertz CT molecular complexity index is 500. The minimum Gasteiger partial charge on any atom is -0.481 e. The van der Waals surface area contributed by atoms with Gasteiger partial charge in [0.25, 0.3) is 0 Å². The smallest absolute Gasteiger partial charge is 0.448 e. The van der Waals surface area contributed by atoms with E-state index in [0.717, 1.165) is 6.20 Å². The lowest BCUT2D eigenvalue weighted by Crippen LogP contribution is -2.33. The summed E-state index contributed by atoms with van der Waals surface area (Å²) in [6.45, 7) is 5.32. The molecule has 0 aromatic carbocycles. The maximum atomic E-state index is 12.3. The van der Waals surface area contributed by atoms with Gasteiger partial charge in [-0.05, 0) is 18.1 Å². The Kier molecular flexibility index (Phi) is 7.81. The molecule has 0 aromatic rings. The zero-order valence-corrected chi connectivity index (χ0v) is 12.1. The lowest BCUT2D eigenvalue weighted by atomic mass is 10.1. The van der Waals surface area contributed by atoms with Crippen molar-refractivity contribution >= 4 is 11.7 Å². The van der Waals surface area contributed by atoms with Crippen molar-refractivity contribution in [2.45, 2.75) is 13.1 Å². The first kappa shape index (κ1) is 18.7. The normalized spacial score (nSPS) is 14.3. The average molecular weight is 301 g/mol. The van der Waals surface area contributed by atoms with Gasteiger partial charge in [-0.15, -0.1) is 0 Å². The van der Waals surface area contributed by atoms with Crippen LogP contribution in [0.15, 0.2) is 53.2 Å². The van der Waals surface area contributed by atoms with Crippen molar-refractivity contribution < 1.29 is 17.9 Å². The number of nitrogens with one attached hydrogen (secondary N) is 2. The van der Waals surface area contributed by atoms with Crippen molar-refractivity contribution in [1.82, 2.24) is 5.32 Å². The van der Waals surface area contributed by atoms with Crippen LogP contribution < -0.4 is 5.32 Å². The molecule has 0 fully saturated rings. The van der Waals surface area contributed by atoms with Gasteiger partial charge in [0.05, 0.1) is 7.11 Å². The highest BCUT2D eigenvalue weighted by Crippen LogP contribution is 2.16. The van der Waals surface area contributed by atoms with Crippen LogP contribution in [0.5, 0.6) is 0 Å². The second-order valence-corrected chi connectivity index (χ2v) is 3.69. The van der Waals surface area contributed by atoms with Gasteiger partial charge in [-0.25, -0.2) is 0 Å². The van der Waals surface area contributed by atoms with Gasteiger partial charge in [-0.2, -0.15) is 13.2 Å². The van der Waals surface area contributed by atoms with E-state index >= 15 is 0 Å². The van der Waals surface area contributed by atoms with Gasteiger partial charge in [-0.3, -0.25) is 10.4 Å². The first-order valence-corrected chi connectivity index (χ1v) is 5.90. The van der Waals surface area contributed by atoms with Crippen LogP contribution in [-0.4, -0.2) is 32.1 Å². The summed E-state index contributed by atoms with van der Waals surface area (Å²) in [5.41, 5.74) is 0.901. The zero-order chi connectivity index (χ0) is 16.5. The number of hydrogen-bond donors (Lipinski definition) is 2. The molecule has 21 heavy (non-hydrogen) atoms. The number of alkyl halides is 3. The van der Waals surface area contributed by atoms with Crippen LogP contribution in [0.3, 0.4) is 0 Å². The fraction of sp³-hybridized carbons (Fsp3) is 0.286. The van der Waals surface area contributed by atoms with Crippen molar-refractivity contribution in [2.75, 3.05) is 14.2 Å². The van der Waals surface area contributed by atoms with Gasteiger partial charge in [-0.1, -0.05) is 24.8 Å². The standard InChI is InChI=1S/C14H18F3N3O/c1-5-7-11(9-20-13(18)14(15,16)17)10(6-2)8-12(19-3)21-4/h5-9H,2H2,1,3-4H3,(H2,18,20)/b7-5-,10-8+,11-9+,19-12?. The zero-order valence-electron chi connectivity index (χ0n) is 12.1. The van der Waals surface area contributed by atoms with Gasteiger partial charge in [0.1, 0.15) is 0 Å². The maximum Gasteiger partial charge on any atom is 0.448 e. The SMILES string of the molecule is C=CC(=C\C(=NC)OC)/C(/C=C\C)=C/NC(=N)C(F)(F)F. The molecule has 0 heterocycles. The van der Waals surface area contributed by atoms with Gasteiger partial charge in [0.15, 0.2) is 0 Å². The second-order valence-electron chi connectivity index (χ2n) is 3.69. The number of nitrogens with zero attached hydrogens (tertiary/aromatic N) is 1. The van der Waals surface area contributed by atoms with Crippen LogP contribution in [0.2, 0.25) is 0 Å². The second kappa shape index (κ2) is 8.78. The van der Waals surface area contributed by atoms with Crippen molar-refractivity contribution in [3.05, 3.63) is 48.2 Å². The highest BCUT2D eigenvalue weighted by molar-refractivity contribution is 5.90. The van der Waals surface area contributed by atoms with Crippen molar-refractivity contribution in [2.24, 2.45) is 4.99 Å². The molecule has 2 N–H and O–H groups in total. The third-order valence-electron chi connectivity index (χ3n) is 2.26. The van der Waals surface area contributed by atoms with Gasteiger partial charge < -0.3 is 10.1 Å². The molecule has 0 bridgehead atoms. The molecule has 4 nitrogen and oxygen atoms in total. The molecule has 0 aromatic heterocycles. The van der Waals surface area contributed by atoms with Crippen LogP contribution in [0.1, 0.15) is 6.92 Å². The van der Waals surface area contributed by atoms with Crippen LogP contribution >= 0.6 is 0 Å². The molecular weight excluding hydrogens is 283 g/mol. The quantitative estimate of drug-likeness (QED) is 0.465. The Hall–Kier alpha value is -2.31. The summed E-state index contributed by atoms with van der Waals surface area (Å²) in [6.07, 6.45) is 2.56. The van der Waals surface area contributed by atoms with Crippen molar-refractivity contribution in [3.63, 3.8) is 0 Å². The molecule has 0 atom stereocenters. The predicted molar refractivity (Wildman–Crippen MR) is 78.5 cm³/mol. The van der Waals surface area contributed by atoms with E-state index in [0.29, 0.717) is 17.0 Å². The van der Waals surface area contributed by atoms with E-state index in [1.165, 1.54) is 26.3 Å². The van der Waals surface area contributed by atoms with Gasteiger partial charge in [0.2, 0.25) is 11.7 Å². The number of aliphatic imine (C=N–C) groups is 1. The summed E-state index contributed by atoms with van der Waals surface area (Å²) in [5, 5.41) is 8.79. The highest BCUT2D eigenvalue weighted by Gasteiger charge is 2.34. The topological polar surface area (TPSA) is 57.5 Å². The summed E-state index contributed by atoms with van der Waals surface area (Å²) in [7, 11) is 2.95. The molecule has 116 valence electrons. The Morgan fingerprint density at radius 3 is 2.33 bits per heavy atom. The van der Waals surface area contributed by atoms with Crippen molar-refractivity contribution in [1.29, 1.82) is 5.41 Å². The van der Waals surface area contributed by atoms with E-state index < -0.39 is 12.0 Å². The number of rotatable bonds is 5. The number of hydrogen-bond acceptors (Lipinski definition) is 3. The number of allylic oxidation sites excluding steroid dienone is 5. The predicted octanol–water partition coefficient (Wildman–Crippen LogP) is 3.36. The van der Waals surface area contributed by atoms with Gasteiger partial charge in [0, 0.05) is 19.3 Å². The van der Waals surface area contributed by atoms with Crippen LogP contribution in [0.4, 0.5) is 13.2 Å². The van der Waals surface area contributed by atoms with E-state index in [9.17, 15) is 13.2 Å². The lowest BCUT2D eigenvalue weighted by Gasteiger charge is -2.10. The summed E-state index contributed by atoms with van der Waals surface area (Å²) in [4.78, 5) is 3.85. The van der Waals surface area contributed by atoms with E-state index in [1.807, 2.05) is 5.32 Å². The minimum absolute atomic E-state index is 0.297. The molecule has 0 spiro atoms. The molecular formula is C14H18F3N3O. The Morgan fingerprint density at radius 1 is 1.33 bits per heavy atom. The Morgan fingerprint density at radius 2 is 1.95 bits per heavy atom. The molecule has 0 aliphatic heterocycles. The summed E-state index contributed by atoms with van der Waals surface area (Å²) >= 11 is 0.